The zero-order valence-electron chi connectivity index (χ0n) is 22.6. The Bertz CT molecular complexity index is 1800. The van der Waals surface area contributed by atoms with Crippen LogP contribution in [0.4, 0.5) is 0 Å². The number of carbonyl (C=O) groups is 1. The lowest BCUT2D eigenvalue weighted by atomic mass is 9.91. The number of carbonyl (C=O) groups excluding carboxylic acids is 1. The largest absolute Gasteiger partial charge is 0.493 e. The summed E-state index contributed by atoms with van der Waals surface area (Å²) in [4.78, 5) is 28.0. The van der Waals surface area contributed by atoms with Crippen molar-refractivity contribution in [1.82, 2.24) is 4.90 Å². The number of hydrogen-bond donors (Lipinski definition) is 0. The van der Waals surface area contributed by atoms with Crippen LogP contribution in [0.1, 0.15) is 33.1 Å². The molecule has 1 unspecified atom stereocenters. The third-order valence-electron chi connectivity index (χ3n) is 7.61. The standard InChI is InChI=1S/C33H29NO6/c1-20-15-32(35)40-29-17-23(11-12-24(20)29)39-19-28-27-18-31(38-3)30(37-2)16-22(27)13-14-34(28)33(36)26-10-6-8-21-7-4-5-9-25(21)26/h4-12,15-18,28H,13-14,19H2,1-3H3. The molecule has 0 saturated carbocycles. The molecule has 1 atom stereocenters. The molecule has 7 nitrogen and oxygen atoms in total. The molecule has 0 fully saturated rings. The molecule has 2 heterocycles. The van der Waals surface area contributed by atoms with Crippen LogP contribution >= 0.6 is 0 Å². The van der Waals surface area contributed by atoms with Crippen LogP contribution in [0.25, 0.3) is 21.7 Å². The smallest absolute Gasteiger partial charge is 0.336 e. The predicted molar refractivity (Wildman–Crippen MR) is 154 cm³/mol. The maximum absolute atomic E-state index is 14.1. The summed E-state index contributed by atoms with van der Waals surface area (Å²) in [7, 11) is 3.21. The van der Waals surface area contributed by atoms with E-state index in [9.17, 15) is 9.59 Å². The van der Waals surface area contributed by atoms with Crippen LogP contribution < -0.4 is 19.8 Å². The molecular formula is C33H29NO6. The van der Waals surface area contributed by atoms with Gasteiger partial charge in [-0.15, -0.1) is 0 Å². The monoisotopic (exact) mass is 535 g/mol. The fourth-order valence-electron chi connectivity index (χ4n) is 5.59. The number of fused-ring (bicyclic) bond motifs is 3. The van der Waals surface area contributed by atoms with Crippen molar-refractivity contribution in [3.8, 4) is 17.2 Å². The Labute approximate surface area is 231 Å². The molecule has 4 aromatic carbocycles. The lowest BCUT2D eigenvalue weighted by molar-refractivity contribution is 0.0591. The van der Waals surface area contributed by atoms with E-state index in [-0.39, 0.29) is 12.5 Å². The number of nitrogens with zero attached hydrogens (tertiary/aromatic N) is 1. The Morgan fingerprint density at radius 3 is 2.52 bits per heavy atom. The first-order chi connectivity index (χ1) is 19.5. The van der Waals surface area contributed by atoms with Gasteiger partial charge in [-0.2, -0.15) is 0 Å². The molecule has 6 rings (SSSR count). The molecule has 0 aliphatic carbocycles. The summed E-state index contributed by atoms with van der Waals surface area (Å²) in [6.45, 7) is 2.59. The molecule has 0 N–H and O–H groups in total. The number of methoxy groups -OCH3 is 2. The summed E-state index contributed by atoms with van der Waals surface area (Å²) in [6, 6.07) is 24.2. The molecule has 0 spiro atoms. The van der Waals surface area contributed by atoms with Crippen molar-refractivity contribution in [1.29, 1.82) is 0 Å². The van der Waals surface area contributed by atoms with E-state index in [1.165, 1.54) is 6.07 Å². The highest BCUT2D eigenvalue weighted by atomic mass is 16.5. The number of amides is 1. The van der Waals surface area contributed by atoms with Crippen molar-refractivity contribution in [2.45, 2.75) is 19.4 Å². The van der Waals surface area contributed by atoms with Gasteiger partial charge in [0.1, 0.15) is 17.9 Å². The summed E-state index contributed by atoms with van der Waals surface area (Å²) in [5.41, 5.74) is 3.56. The number of hydrogen-bond acceptors (Lipinski definition) is 6. The Morgan fingerprint density at radius 2 is 1.70 bits per heavy atom. The van der Waals surface area contributed by atoms with Crippen molar-refractivity contribution in [2.24, 2.45) is 0 Å². The molecule has 0 radical (unpaired) electrons. The van der Waals surface area contributed by atoms with Gasteiger partial charge in [0, 0.05) is 29.6 Å². The van der Waals surface area contributed by atoms with Gasteiger partial charge in [-0.25, -0.2) is 4.79 Å². The highest BCUT2D eigenvalue weighted by Crippen LogP contribution is 2.39. The first kappa shape index (κ1) is 25.5. The van der Waals surface area contributed by atoms with E-state index in [0.29, 0.717) is 41.4 Å². The van der Waals surface area contributed by atoms with E-state index < -0.39 is 11.7 Å². The first-order valence-electron chi connectivity index (χ1n) is 13.2. The Hall–Kier alpha value is -4.78. The third kappa shape index (κ3) is 4.53. The fourth-order valence-corrected chi connectivity index (χ4v) is 5.59. The van der Waals surface area contributed by atoms with Crippen molar-refractivity contribution in [2.75, 3.05) is 27.4 Å². The van der Waals surface area contributed by atoms with Gasteiger partial charge in [0.2, 0.25) is 0 Å². The maximum atomic E-state index is 14.1. The van der Waals surface area contributed by atoms with E-state index in [1.54, 1.807) is 20.3 Å². The minimum Gasteiger partial charge on any atom is -0.493 e. The number of aryl methyl sites for hydroxylation is 1. The molecule has 7 heteroatoms. The summed E-state index contributed by atoms with van der Waals surface area (Å²) in [5, 5.41) is 2.77. The molecule has 0 bridgehead atoms. The van der Waals surface area contributed by atoms with Gasteiger partial charge < -0.3 is 23.5 Å². The second kappa shape index (κ2) is 10.4. The molecule has 1 aliphatic rings. The quantitative estimate of drug-likeness (QED) is 0.245. The van der Waals surface area contributed by atoms with Gasteiger partial charge in [-0.05, 0) is 71.1 Å². The Balaban J connectivity index is 1.40. The molecule has 1 aliphatic heterocycles. The number of ether oxygens (including phenoxy) is 3. The van der Waals surface area contributed by atoms with Crippen molar-refractivity contribution >= 4 is 27.6 Å². The molecule has 1 amide bonds. The fraction of sp³-hybridized carbons (Fsp3) is 0.212. The van der Waals surface area contributed by atoms with Crippen molar-refractivity contribution in [3.05, 3.63) is 112 Å². The molecular weight excluding hydrogens is 506 g/mol. The van der Waals surface area contributed by atoms with E-state index >= 15 is 0 Å². The van der Waals surface area contributed by atoms with E-state index in [2.05, 4.69) is 0 Å². The molecule has 5 aromatic rings. The van der Waals surface area contributed by atoms with E-state index in [1.807, 2.05) is 78.6 Å². The zero-order valence-corrected chi connectivity index (χ0v) is 22.6. The highest BCUT2D eigenvalue weighted by molar-refractivity contribution is 6.07. The third-order valence-corrected chi connectivity index (χ3v) is 7.61. The molecule has 0 saturated heterocycles. The summed E-state index contributed by atoms with van der Waals surface area (Å²) in [5.74, 6) is 1.72. The lowest BCUT2D eigenvalue weighted by Gasteiger charge is -2.38. The minimum absolute atomic E-state index is 0.0639. The normalized spacial score (nSPS) is 14.7. The summed E-state index contributed by atoms with van der Waals surface area (Å²) < 4.78 is 22.9. The second-order valence-electron chi connectivity index (χ2n) is 9.91. The van der Waals surface area contributed by atoms with Crippen LogP contribution in [-0.2, 0) is 6.42 Å². The maximum Gasteiger partial charge on any atom is 0.336 e. The van der Waals surface area contributed by atoms with Crippen molar-refractivity contribution in [3.63, 3.8) is 0 Å². The molecule has 202 valence electrons. The SMILES string of the molecule is COc1cc2c(cc1OC)C(COc1ccc3c(C)cc(=O)oc3c1)N(C(=O)c1cccc3ccccc13)CC2. The summed E-state index contributed by atoms with van der Waals surface area (Å²) in [6.07, 6.45) is 0.670. The van der Waals surface area contributed by atoms with E-state index in [4.69, 9.17) is 18.6 Å². The molecule has 1 aromatic heterocycles. The minimum atomic E-state index is -0.406. The zero-order chi connectivity index (χ0) is 27.8. The van der Waals surface area contributed by atoms with Crippen LogP contribution in [0, 0.1) is 6.92 Å². The van der Waals surface area contributed by atoms with Crippen LogP contribution in [0.2, 0.25) is 0 Å². The number of rotatable bonds is 6. The topological polar surface area (TPSA) is 78.2 Å². The average Bonchev–Trinajstić information content (AvgIpc) is 2.98. The van der Waals surface area contributed by atoms with Gasteiger partial charge in [0.25, 0.3) is 5.91 Å². The van der Waals surface area contributed by atoms with Gasteiger partial charge in [0.15, 0.2) is 11.5 Å². The Kier molecular flexibility index (Phi) is 6.64. The first-order valence-corrected chi connectivity index (χ1v) is 13.2. The second-order valence-corrected chi connectivity index (χ2v) is 9.91. The van der Waals surface area contributed by atoms with Crippen molar-refractivity contribution < 1.29 is 23.4 Å². The van der Waals surface area contributed by atoms with Gasteiger partial charge >= 0.3 is 5.63 Å². The highest BCUT2D eigenvalue weighted by Gasteiger charge is 2.34. The van der Waals surface area contributed by atoms with E-state index in [0.717, 1.165) is 32.8 Å². The molecule has 40 heavy (non-hydrogen) atoms. The number of benzene rings is 4. The Morgan fingerprint density at radius 1 is 0.925 bits per heavy atom. The van der Waals surface area contributed by atoms with Crippen LogP contribution in [-0.4, -0.2) is 38.2 Å². The average molecular weight is 536 g/mol. The van der Waals surface area contributed by atoms with Gasteiger partial charge in [-0.1, -0.05) is 36.4 Å². The summed E-state index contributed by atoms with van der Waals surface area (Å²) >= 11 is 0. The lowest BCUT2D eigenvalue weighted by Crippen LogP contribution is -2.42. The van der Waals surface area contributed by atoms with Crippen LogP contribution in [0.5, 0.6) is 17.2 Å². The van der Waals surface area contributed by atoms with Crippen LogP contribution in [0.15, 0.2) is 88.1 Å². The van der Waals surface area contributed by atoms with Gasteiger partial charge in [0.05, 0.1) is 20.3 Å². The predicted octanol–water partition coefficient (Wildman–Crippen LogP) is 6.09. The van der Waals surface area contributed by atoms with Gasteiger partial charge in [-0.3, -0.25) is 4.79 Å². The van der Waals surface area contributed by atoms with Crippen LogP contribution in [0.3, 0.4) is 0 Å².